The molecule has 6 nitrogen and oxygen atoms in total. The molecule has 0 unspecified atom stereocenters. The van der Waals surface area contributed by atoms with E-state index in [-0.39, 0.29) is 18.2 Å². The molecule has 0 fully saturated rings. The first-order valence-corrected chi connectivity index (χ1v) is 6.75. The number of hydrogen-bond acceptors (Lipinski definition) is 4. The molecule has 2 N–H and O–H groups in total. The van der Waals surface area contributed by atoms with Crippen LogP contribution >= 0.6 is 0 Å². The molecule has 20 heavy (non-hydrogen) atoms. The van der Waals surface area contributed by atoms with Crippen LogP contribution in [0, 0.1) is 19.8 Å². The van der Waals surface area contributed by atoms with E-state index in [0.717, 1.165) is 11.3 Å². The zero-order valence-electron chi connectivity index (χ0n) is 12.4. The van der Waals surface area contributed by atoms with Gasteiger partial charge in [0.1, 0.15) is 11.8 Å². The van der Waals surface area contributed by atoms with Gasteiger partial charge in [0.05, 0.1) is 5.69 Å². The lowest BCUT2D eigenvalue weighted by atomic mass is 10.0. The third kappa shape index (κ3) is 4.68. The molecule has 0 saturated carbocycles. The summed E-state index contributed by atoms with van der Waals surface area (Å²) in [5.41, 5.74) is 1.68. The van der Waals surface area contributed by atoms with E-state index >= 15 is 0 Å². The Labute approximate surface area is 118 Å². The maximum Gasteiger partial charge on any atom is 0.326 e. The van der Waals surface area contributed by atoms with Crippen LogP contribution in [0.1, 0.15) is 43.7 Å². The van der Waals surface area contributed by atoms with Crippen LogP contribution in [-0.2, 0) is 16.0 Å². The molecular formula is C14H22N2O4. The molecule has 1 aromatic heterocycles. The van der Waals surface area contributed by atoms with Crippen molar-refractivity contribution in [2.45, 2.75) is 53.0 Å². The number of carboxylic acids is 1. The summed E-state index contributed by atoms with van der Waals surface area (Å²) in [6, 6.07) is -0.827. The Hall–Kier alpha value is -1.85. The van der Waals surface area contributed by atoms with Crippen molar-refractivity contribution in [1.29, 1.82) is 0 Å². The average molecular weight is 282 g/mol. The normalized spacial score (nSPS) is 12.4. The molecule has 0 aliphatic heterocycles. The summed E-state index contributed by atoms with van der Waals surface area (Å²) in [6.07, 6.45) is 1.15. The van der Waals surface area contributed by atoms with Crippen LogP contribution in [0.2, 0.25) is 0 Å². The van der Waals surface area contributed by atoms with Gasteiger partial charge in [-0.25, -0.2) is 4.79 Å². The molecule has 6 heteroatoms. The Kier molecular flexibility index (Phi) is 5.73. The second-order valence-electron chi connectivity index (χ2n) is 5.39. The van der Waals surface area contributed by atoms with Crippen molar-refractivity contribution >= 4 is 11.9 Å². The number of nitrogens with one attached hydrogen (secondary N) is 1. The fourth-order valence-electron chi connectivity index (χ4n) is 2.06. The number of aliphatic carboxylic acids is 1. The largest absolute Gasteiger partial charge is 0.480 e. The van der Waals surface area contributed by atoms with E-state index in [4.69, 9.17) is 9.63 Å². The standard InChI is InChI=1S/C14H22N2O4/c1-8(2)7-12(14(18)19)15-13(17)6-5-11-9(3)16-20-10(11)4/h8,12H,5-7H2,1-4H3,(H,15,17)(H,18,19)/t12-/m0/s1. The van der Waals surface area contributed by atoms with Crippen LogP contribution in [0.4, 0.5) is 0 Å². The highest BCUT2D eigenvalue weighted by Gasteiger charge is 2.21. The highest BCUT2D eigenvalue weighted by Crippen LogP contribution is 2.14. The number of carbonyl (C=O) groups is 2. The van der Waals surface area contributed by atoms with Crippen molar-refractivity contribution in [3.8, 4) is 0 Å². The third-order valence-corrected chi connectivity index (χ3v) is 3.12. The van der Waals surface area contributed by atoms with Gasteiger partial charge in [0, 0.05) is 12.0 Å². The zero-order chi connectivity index (χ0) is 15.3. The summed E-state index contributed by atoms with van der Waals surface area (Å²) in [5, 5.41) is 15.5. The first-order valence-electron chi connectivity index (χ1n) is 6.75. The van der Waals surface area contributed by atoms with E-state index < -0.39 is 12.0 Å². The molecule has 0 spiro atoms. The van der Waals surface area contributed by atoms with Crippen LogP contribution in [0.15, 0.2) is 4.52 Å². The van der Waals surface area contributed by atoms with Gasteiger partial charge in [0.15, 0.2) is 0 Å². The zero-order valence-corrected chi connectivity index (χ0v) is 12.4. The summed E-state index contributed by atoms with van der Waals surface area (Å²) < 4.78 is 5.02. The van der Waals surface area contributed by atoms with E-state index in [1.165, 1.54) is 0 Å². The molecule has 1 atom stereocenters. The van der Waals surface area contributed by atoms with Gasteiger partial charge in [-0.3, -0.25) is 4.79 Å². The first kappa shape index (κ1) is 16.2. The van der Waals surface area contributed by atoms with Crippen LogP contribution in [0.5, 0.6) is 0 Å². The lowest BCUT2D eigenvalue weighted by Crippen LogP contribution is -2.41. The van der Waals surface area contributed by atoms with Gasteiger partial charge in [-0.15, -0.1) is 0 Å². The number of hydrogen-bond donors (Lipinski definition) is 2. The summed E-state index contributed by atoms with van der Waals surface area (Å²) >= 11 is 0. The minimum Gasteiger partial charge on any atom is -0.480 e. The smallest absolute Gasteiger partial charge is 0.326 e. The molecule has 0 aliphatic carbocycles. The number of amides is 1. The van der Waals surface area contributed by atoms with Gasteiger partial charge in [-0.05, 0) is 32.6 Å². The minimum atomic E-state index is -0.996. The summed E-state index contributed by atoms with van der Waals surface area (Å²) in [5.74, 6) is -0.353. The lowest BCUT2D eigenvalue weighted by molar-refractivity contribution is -0.142. The summed E-state index contributed by atoms with van der Waals surface area (Å²) in [6.45, 7) is 7.46. The number of aryl methyl sites for hydroxylation is 2. The van der Waals surface area contributed by atoms with Gasteiger partial charge in [-0.1, -0.05) is 19.0 Å². The second-order valence-corrected chi connectivity index (χ2v) is 5.39. The van der Waals surface area contributed by atoms with Gasteiger partial charge >= 0.3 is 5.97 Å². The Morgan fingerprint density at radius 2 is 2.00 bits per heavy atom. The fraction of sp³-hybridized carbons (Fsp3) is 0.643. The molecule has 1 amide bonds. The van der Waals surface area contributed by atoms with Crippen LogP contribution in [-0.4, -0.2) is 28.2 Å². The Bertz CT molecular complexity index is 460. The van der Waals surface area contributed by atoms with Crippen molar-refractivity contribution in [3.63, 3.8) is 0 Å². The molecule has 0 saturated heterocycles. The number of rotatable bonds is 7. The van der Waals surface area contributed by atoms with E-state index in [1.54, 1.807) is 6.92 Å². The van der Waals surface area contributed by atoms with Gasteiger partial charge in [0.25, 0.3) is 0 Å². The first-order chi connectivity index (χ1) is 9.31. The fourth-order valence-corrected chi connectivity index (χ4v) is 2.06. The monoisotopic (exact) mass is 282 g/mol. The van der Waals surface area contributed by atoms with E-state index in [1.807, 2.05) is 20.8 Å². The molecule has 112 valence electrons. The van der Waals surface area contributed by atoms with Crippen LogP contribution < -0.4 is 5.32 Å². The number of nitrogens with zero attached hydrogens (tertiary/aromatic N) is 1. The van der Waals surface area contributed by atoms with Gasteiger partial charge in [-0.2, -0.15) is 0 Å². The highest BCUT2D eigenvalue weighted by molar-refractivity contribution is 5.83. The molecular weight excluding hydrogens is 260 g/mol. The van der Waals surface area contributed by atoms with Gasteiger partial charge in [0.2, 0.25) is 5.91 Å². The van der Waals surface area contributed by atoms with Crippen molar-refractivity contribution < 1.29 is 19.2 Å². The lowest BCUT2D eigenvalue weighted by Gasteiger charge is -2.16. The number of aromatic nitrogens is 1. The molecule has 0 bridgehead atoms. The van der Waals surface area contributed by atoms with E-state index in [2.05, 4.69) is 10.5 Å². The SMILES string of the molecule is Cc1noc(C)c1CCC(=O)N[C@@H](CC(C)C)C(=O)O. The predicted molar refractivity (Wildman–Crippen MR) is 73.3 cm³/mol. The molecule has 1 aromatic rings. The van der Waals surface area contributed by atoms with Crippen LogP contribution in [0.3, 0.4) is 0 Å². The van der Waals surface area contributed by atoms with Crippen molar-refractivity contribution in [3.05, 3.63) is 17.0 Å². The highest BCUT2D eigenvalue weighted by atomic mass is 16.5. The predicted octanol–water partition coefficient (Wildman–Crippen LogP) is 1.84. The van der Waals surface area contributed by atoms with Crippen molar-refractivity contribution in [2.75, 3.05) is 0 Å². The molecule has 0 radical (unpaired) electrons. The molecule has 1 rings (SSSR count). The summed E-state index contributed by atoms with van der Waals surface area (Å²) in [7, 11) is 0. The number of carbonyl (C=O) groups excluding carboxylic acids is 1. The van der Waals surface area contributed by atoms with Gasteiger partial charge < -0.3 is 14.9 Å². The van der Waals surface area contributed by atoms with Crippen molar-refractivity contribution in [1.82, 2.24) is 10.5 Å². The number of carboxylic acid groups (broad SMARTS) is 1. The summed E-state index contributed by atoms with van der Waals surface area (Å²) in [4.78, 5) is 22.9. The topological polar surface area (TPSA) is 92.4 Å². The average Bonchev–Trinajstić information content (AvgIpc) is 2.65. The third-order valence-electron chi connectivity index (χ3n) is 3.12. The molecule has 0 aliphatic rings. The minimum absolute atomic E-state index is 0.207. The van der Waals surface area contributed by atoms with Crippen molar-refractivity contribution in [2.24, 2.45) is 5.92 Å². The quantitative estimate of drug-likeness (QED) is 0.796. The Morgan fingerprint density at radius 1 is 1.35 bits per heavy atom. The maximum atomic E-state index is 11.8. The van der Waals surface area contributed by atoms with Crippen LogP contribution in [0.25, 0.3) is 0 Å². The van der Waals surface area contributed by atoms with E-state index in [0.29, 0.717) is 18.6 Å². The Morgan fingerprint density at radius 3 is 2.45 bits per heavy atom. The molecule has 0 aromatic carbocycles. The molecule has 1 heterocycles. The second kappa shape index (κ2) is 7.07. The van der Waals surface area contributed by atoms with E-state index in [9.17, 15) is 9.59 Å². The Balaban J connectivity index is 2.52. The maximum absolute atomic E-state index is 11.8.